The SMILES string of the molecule is CCC(C(=O)NCc1[nH]cc(C)c(=O)c1C)N(C)CC. The molecule has 0 aliphatic rings. The Morgan fingerprint density at radius 2 is 2.05 bits per heavy atom. The number of aryl methyl sites for hydroxylation is 1. The van der Waals surface area contributed by atoms with Crippen molar-refractivity contribution in [1.29, 1.82) is 0 Å². The van der Waals surface area contributed by atoms with Crippen LogP contribution in [0.3, 0.4) is 0 Å². The van der Waals surface area contributed by atoms with Gasteiger partial charge in [0.1, 0.15) is 0 Å². The van der Waals surface area contributed by atoms with Gasteiger partial charge in [-0.2, -0.15) is 0 Å². The van der Waals surface area contributed by atoms with Crippen molar-refractivity contribution >= 4 is 5.91 Å². The number of H-pyrrole nitrogens is 1. The van der Waals surface area contributed by atoms with E-state index in [-0.39, 0.29) is 17.4 Å². The lowest BCUT2D eigenvalue weighted by molar-refractivity contribution is -0.126. The van der Waals surface area contributed by atoms with E-state index >= 15 is 0 Å². The first kappa shape index (κ1) is 16.4. The second kappa shape index (κ2) is 7.24. The summed E-state index contributed by atoms with van der Waals surface area (Å²) in [5, 5.41) is 2.90. The third kappa shape index (κ3) is 3.70. The fraction of sp³-hybridized carbons (Fsp3) is 0.600. The average molecular weight is 279 g/mol. The molecule has 1 unspecified atom stereocenters. The number of nitrogens with zero attached hydrogens (tertiary/aromatic N) is 1. The number of hydrogen-bond donors (Lipinski definition) is 2. The molecule has 0 saturated carbocycles. The summed E-state index contributed by atoms with van der Waals surface area (Å²) in [4.78, 5) is 29.1. The van der Waals surface area contributed by atoms with Crippen molar-refractivity contribution in [3.8, 4) is 0 Å². The van der Waals surface area contributed by atoms with Gasteiger partial charge in [-0.1, -0.05) is 13.8 Å². The van der Waals surface area contributed by atoms with E-state index in [0.29, 0.717) is 17.7 Å². The maximum atomic E-state index is 12.2. The molecule has 20 heavy (non-hydrogen) atoms. The Bertz CT molecular complexity index is 522. The molecule has 0 aromatic carbocycles. The molecule has 0 spiro atoms. The number of carbonyl (C=O) groups excluding carboxylic acids is 1. The zero-order chi connectivity index (χ0) is 15.3. The Labute approximate surface area is 120 Å². The van der Waals surface area contributed by atoms with Crippen molar-refractivity contribution in [2.24, 2.45) is 0 Å². The second-order valence-electron chi connectivity index (χ2n) is 5.12. The van der Waals surface area contributed by atoms with Gasteiger partial charge in [-0.25, -0.2) is 0 Å². The molecule has 0 bridgehead atoms. The molecule has 1 aromatic rings. The standard InChI is InChI=1S/C15H25N3O2/c1-6-13(18(5)7-2)15(20)17-9-12-11(4)14(19)10(3)8-16-12/h8,13H,6-7,9H2,1-5H3,(H,16,19)(H,17,20). The first-order chi connectivity index (χ1) is 9.42. The number of hydrogen-bond acceptors (Lipinski definition) is 3. The number of aromatic amines is 1. The fourth-order valence-electron chi connectivity index (χ4n) is 2.20. The van der Waals surface area contributed by atoms with Crippen LogP contribution < -0.4 is 10.7 Å². The van der Waals surface area contributed by atoms with Gasteiger partial charge < -0.3 is 10.3 Å². The Morgan fingerprint density at radius 1 is 1.40 bits per heavy atom. The number of pyridine rings is 1. The fourth-order valence-corrected chi connectivity index (χ4v) is 2.20. The maximum Gasteiger partial charge on any atom is 0.237 e. The van der Waals surface area contributed by atoms with Crippen LogP contribution in [0.25, 0.3) is 0 Å². The summed E-state index contributed by atoms with van der Waals surface area (Å²) in [5.74, 6) is -0.00215. The molecule has 0 saturated heterocycles. The predicted octanol–water partition coefficient (Wildman–Crippen LogP) is 1.34. The summed E-state index contributed by atoms with van der Waals surface area (Å²) in [6.45, 7) is 8.76. The molecular formula is C15H25N3O2. The van der Waals surface area contributed by atoms with Crippen LogP contribution in [0.1, 0.15) is 37.1 Å². The summed E-state index contributed by atoms with van der Waals surface area (Å²) in [6.07, 6.45) is 2.45. The number of rotatable bonds is 6. The number of carbonyl (C=O) groups is 1. The highest BCUT2D eigenvalue weighted by Crippen LogP contribution is 2.04. The molecule has 5 nitrogen and oxygen atoms in total. The molecule has 0 aliphatic heterocycles. The topological polar surface area (TPSA) is 65.2 Å². The predicted molar refractivity (Wildman–Crippen MR) is 80.8 cm³/mol. The molecule has 0 radical (unpaired) electrons. The molecular weight excluding hydrogens is 254 g/mol. The number of amides is 1. The highest BCUT2D eigenvalue weighted by atomic mass is 16.2. The van der Waals surface area contributed by atoms with Crippen molar-refractivity contribution in [2.45, 2.75) is 46.7 Å². The van der Waals surface area contributed by atoms with Gasteiger partial charge in [-0.3, -0.25) is 14.5 Å². The van der Waals surface area contributed by atoms with Crippen LogP contribution in [-0.2, 0) is 11.3 Å². The van der Waals surface area contributed by atoms with Gasteiger partial charge in [0.15, 0.2) is 5.43 Å². The molecule has 1 heterocycles. The van der Waals surface area contributed by atoms with E-state index in [1.165, 1.54) is 0 Å². The van der Waals surface area contributed by atoms with E-state index in [1.807, 2.05) is 25.8 Å². The minimum atomic E-state index is -0.127. The number of nitrogens with one attached hydrogen (secondary N) is 2. The summed E-state index contributed by atoms with van der Waals surface area (Å²) in [7, 11) is 1.94. The van der Waals surface area contributed by atoms with E-state index in [1.54, 1.807) is 20.0 Å². The van der Waals surface area contributed by atoms with Crippen molar-refractivity contribution in [3.05, 3.63) is 33.2 Å². The normalized spacial score (nSPS) is 12.5. The third-order valence-corrected chi connectivity index (χ3v) is 3.77. The molecule has 112 valence electrons. The monoisotopic (exact) mass is 279 g/mol. The molecule has 1 rings (SSSR count). The van der Waals surface area contributed by atoms with Gasteiger partial charge in [0.05, 0.1) is 12.6 Å². The highest BCUT2D eigenvalue weighted by molar-refractivity contribution is 5.81. The first-order valence-electron chi connectivity index (χ1n) is 7.08. The smallest absolute Gasteiger partial charge is 0.237 e. The minimum absolute atomic E-state index is 0.00215. The number of aromatic nitrogens is 1. The van der Waals surface area contributed by atoms with E-state index in [4.69, 9.17) is 0 Å². The van der Waals surface area contributed by atoms with Crippen LogP contribution >= 0.6 is 0 Å². The van der Waals surface area contributed by atoms with Gasteiger partial charge in [-0.15, -0.1) is 0 Å². The molecule has 5 heteroatoms. The summed E-state index contributed by atoms with van der Waals surface area (Å²) < 4.78 is 0. The van der Waals surface area contributed by atoms with E-state index < -0.39 is 0 Å². The van der Waals surface area contributed by atoms with Crippen molar-refractivity contribution in [1.82, 2.24) is 15.2 Å². The molecule has 0 fully saturated rings. The van der Waals surface area contributed by atoms with Crippen LogP contribution in [0, 0.1) is 13.8 Å². The lowest BCUT2D eigenvalue weighted by Crippen LogP contribution is -2.44. The number of likely N-dealkylation sites (N-methyl/N-ethyl adjacent to an activating group) is 1. The lowest BCUT2D eigenvalue weighted by atomic mass is 10.1. The lowest BCUT2D eigenvalue weighted by Gasteiger charge is -2.24. The van der Waals surface area contributed by atoms with E-state index in [2.05, 4.69) is 10.3 Å². The Balaban J connectivity index is 2.75. The van der Waals surface area contributed by atoms with Crippen molar-refractivity contribution in [2.75, 3.05) is 13.6 Å². The maximum absolute atomic E-state index is 12.2. The summed E-state index contributed by atoms with van der Waals surface area (Å²) in [5.41, 5.74) is 2.16. The van der Waals surface area contributed by atoms with Gasteiger partial charge in [0, 0.05) is 23.0 Å². The van der Waals surface area contributed by atoms with Gasteiger partial charge in [0.25, 0.3) is 0 Å². The zero-order valence-electron chi connectivity index (χ0n) is 13.0. The van der Waals surface area contributed by atoms with Crippen molar-refractivity contribution < 1.29 is 4.79 Å². The van der Waals surface area contributed by atoms with Gasteiger partial charge in [0.2, 0.25) is 5.91 Å². The Kier molecular flexibility index (Phi) is 5.95. The van der Waals surface area contributed by atoms with Crippen LogP contribution in [0.4, 0.5) is 0 Å². The molecule has 0 aliphatic carbocycles. The van der Waals surface area contributed by atoms with Gasteiger partial charge >= 0.3 is 0 Å². The third-order valence-electron chi connectivity index (χ3n) is 3.77. The first-order valence-corrected chi connectivity index (χ1v) is 7.08. The Hall–Kier alpha value is -1.62. The van der Waals surface area contributed by atoms with Gasteiger partial charge in [-0.05, 0) is 33.9 Å². The average Bonchev–Trinajstić information content (AvgIpc) is 2.44. The largest absolute Gasteiger partial charge is 0.363 e. The second-order valence-corrected chi connectivity index (χ2v) is 5.12. The Morgan fingerprint density at radius 3 is 2.60 bits per heavy atom. The van der Waals surface area contributed by atoms with Crippen LogP contribution in [0.15, 0.2) is 11.0 Å². The highest BCUT2D eigenvalue weighted by Gasteiger charge is 2.20. The zero-order valence-corrected chi connectivity index (χ0v) is 13.0. The summed E-state index contributed by atoms with van der Waals surface area (Å²) in [6, 6.07) is -0.127. The molecule has 1 atom stereocenters. The summed E-state index contributed by atoms with van der Waals surface area (Å²) >= 11 is 0. The van der Waals surface area contributed by atoms with Crippen LogP contribution in [0.2, 0.25) is 0 Å². The van der Waals surface area contributed by atoms with Crippen molar-refractivity contribution in [3.63, 3.8) is 0 Å². The van der Waals surface area contributed by atoms with E-state index in [0.717, 1.165) is 18.7 Å². The molecule has 1 aromatic heterocycles. The van der Waals surface area contributed by atoms with Crippen LogP contribution in [-0.4, -0.2) is 35.4 Å². The minimum Gasteiger partial charge on any atom is -0.363 e. The van der Waals surface area contributed by atoms with E-state index in [9.17, 15) is 9.59 Å². The quantitative estimate of drug-likeness (QED) is 0.826. The van der Waals surface area contributed by atoms with Crippen LogP contribution in [0.5, 0.6) is 0 Å². The molecule has 1 amide bonds. The molecule has 2 N–H and O–H groups in total.